The number of amides is 1. The van der Waals surface area contributed by atoms with E-state index in [1.54, 1.807) is 12.1 Å². The summed E-state index contributed by atoms with van der Waals surface area (Å²) >= 11 is 0. The van der Waals surface area contributed by atoms with Crippen LogP contribution in [0.4, 0.5) is 0 Å². The molecule has 1 aromatic carbocycles. The molecule has 1 aliphatic rings. The molecule has 102 valence electrons. The predicted molar refractivity (Wildman–Crippen MR) is 76.6 cm³/mol. The van der Waals surface area contributed by atoms with Crippen molar-refractivity contribution in [1.29, 1.82) is 0 Å². The number of benzene rings is 1. The molecule has 0 unspecified atom stereocenters. The van der Waals surface area contributed by atoms with Crippen molar-refractivity contribution in [2.45, 2.75) is 19.3 Å². The number of nitrogens with two attached hydrogens (primary N) is 1. The van der Waals surface area contributed by atoms with Crippen LogP contribution in [0, 0.1) is 0 Å². The molecule has 1 heterocycles. The summed E-state index contributed by atoms with van der Waals surface area (Å²) in [4.78, 5) is 23.1. The summed E-state index contributed by atoms with van der Waals surface area (Å²) in [6.07, 6.45) is 4.45. The summed E-state index contributed by atoms with van der Waals surface area (Å²) in [6.45, 7) is 0. The Kier molecular flexibility index (Phi) is 2.93. The minimum atomic E-state index is -0.429. The highest BCUT2D eigenvalue weighted by Gasteiger charge is 2.24. The van der Waals surface area contributed by atoms with E-state index in [2.05, 4.69) is 0 Å². The number of nitrogens with zero attached hydrogens (tertiary/aromatic N) is 1. The van der Waals surface area contributed by atoms with Crippen molar-refractivity contribution >= 4 is 11.7 Å². The van der Waals surface area contributed by atoms with Crippen molar-refractivity contribution in [3.05, 3.63) is 47.3 Å². The number of aromatic nitrogens is 1. The molecule has 0 saturated heterocycles. The SMILES string of the molecule is Cn1cc(-c2ccc(C(N)=O)cc2)c2c1C(=O)CCC2. The van der Waals surface area contributed by atoms with Gasteiger partial charge in [-0.3, -0.25) is 9.59 Å². The highest BCUT2D eigenvalue weighted by Crippen LogP contribution is 2.33. The van der Waals surface area contributed by atoms with E-state index in [9.17, 15) is 9.59 Å². The third-order valence-corrected chi connectivity index (χ3v) is 3.86. The zero-order chi connectivity index (χ0) is 14.3. The molecule has 4 nitrogen and oxygen atoms in total. The fourth-order valence-corrected chi connectivity index (χ4v) is 2.90. The van der Waals surface area contributed by atoms with E-state index < -0.39 is 5.91 Å². The molecular formula is C16H16N2O2. The summed E-state index contributed by atoms with van der Waals surface area (Å²) < 4.78 is 1.91. The molecule has 0 radical (unpaired) electrons. The topological polar surface area (TPSA) is 65.1 Å². The second-order valence-corrected chi connectivity index (χ2v) is 5.20. The van der Waals surface area contributed by atoms with E-state index in [4.69, 9.17) is 5.73 Å². The van der Waals surface area contributed by atoms with Gasteiger partial charge in [-0.2, -0.15) is 0 Å². The Labute approximate surface area is 117 Å². The van der Waals surface area contributed by atoms with Crippen LogP contribution in [0.2, 0.25) is 0 Å². The monoisotopic (exact) mass is 268 g/mol. The summed E-state index contributed by atoms with van der Waals surface area (Å²) in [5, 5.41) is 0. The van der Waals surface area contributed by atoms with Crippen LogP contribution >= 0.6 is 0 Å². The van der Waals surface area contributed by atoms with Crippen molar-refractivity contribution in [1.82, 2.24) is 4.57 Å². The van der Waals surface area contributed by atoms with Gasteiger partial charge in [0, 0.05) is 30.8 Å². The molecule has 0 bridgehead atoms. The lowest BCUT2D eigenvalue weighted by molar-refractivity contribution is 0.0962. The lowest BCUT2D eigenvalue weighted by atomic mass is 9.91. The van der Waals surface area contributed by atoms with Crippen molar-refractivity contribution in [2.75, 3.05) is 0 Å². The molecule has 1 amide bonds. The number of ketones is 1. The first kappa shape index (κ1) is 12.7. The predicted octanol–water partition coefficient (Wildman–Crippen LogP) is 2.31. The molecule has 20 heavy (non-hydrogen) atoms. The minimum Gasteiger partial charge on any atom is -0.366 e. The summed E-state index contributed by atoms with van der Waals surface area (Å²) in [6, 6.07) is 7.22. The largest absolute Gasteiger partial charge is 0.366 e. The molecule has 2 aromatic rings. The molecule has 3 rings (SSSR count). The van der Waals surface area contributed by atoms with Crippen LogP contribution in [-0.2, 0) is 13.5 Å². The molecule has 1 aliphatic carbocycles. The first-order valence-corrected chi connectivity index (χ1v) is 6.69. The Hall–Kier alpha value is -2.36. The lowest BCUT2D eigenvalue weighted by Gasteiger charge is -2.13. The van der Waals surface area contributed by atoms with Gasteiger partial charge in [0.2, 0.25) is 5.91 Å². The summed E-state index contributed by atoms with van der Waals surface area (Å²) in [7, 11) is 1.91. The Balaban J connectivity index is 2.09. The maximum Gasteiger partial charge on any atom is 0.248 e. The number of primary amides is 1. The maximum atomic E-state index is 12.0. The van der Waals surface area contributed by atoms with Gasteiger partial charge in [0.05, 0.1) is 5.69 Å². The van der Waals surface area contributed by atoms with Gasteiger partial charge in [-0.15, -0.1) is 0 Å². The second kappa shape index (κ2) is 4.63. The van der Waals surface area contributed by atoms with Gasteiger partial charge in [-0.25, -0.2) is 0 Å². The fourth-order valence-electron chi connectivity index (χ4n) is 2.90. The van der Waals surface area contributed by atoms with Gasteiger partial charge in [-0.05, 0) is 36.1 Å². The van der Waals surface area contributed by atoms with E-state index in [-0.39, 0.29) is 5.78 Å². The van der Waals surface area contributed by atoms with E-state index >= 15 is 0 Å². The molecule has 0 spiro atoms. The zero-order valence-corrected chi connectivity index (χ0v) is 11.3. The standard InChI is InChI=1S/C16H16N2O2/c1-18-9-13(12-3-2-4-14(19)15(12)18)10-5-7-11(8-6-10)16(17)20/h5-9H,2-4H2,1H3,(H2,17,20). The number of hydrogen-bond acceptors (Lipinski definition) is 2. The molecule has 2 N–H and O–H groups in total. The van der Waals surface area contributed by atoms with E-state index in [1.807, 2.05) is 29.9 Å². The number of rotatable bonds is 2. The molecule has 0 fully saturated rings. The first-order valence-electron chi connectivity index (χ1n) is 6.69. The van der Waals surface area contributed by atoms with Gasteiger partial charge in [0.15, 0.2) is 5.78 Å². The lowest BCUT2D eigenvalue weighted by Crippen LogP contribution is -2.13. The molecule has 0 aliphatic heterocycles. The third-order valence-electron chi connectivity index (χ3n) is 3.86. The van der Waals surface area contributed by atoms with Gasteiger partial charge in [-0.1, -0.05) is 12.1 Å². The molecular weight excluding hydrogens is 252 g/mol. The fraction of sp³-hybridized carbons (Fsp3) is 0.250. The summed E-state index contributed by atoms with van der Waals surface area (Å²) in [5.74, 6) is -0.212. The quantitative estimate of drug-likeness (QED) is 0.908. The molecule has 0 saturated carbocycles. The molecule has 1 aromatic heterocycles. The number of carbonyl (C=O) groups is 2. The van der Waals surface area contributed by atoms with E-state index in [0.29, 0.717) is 12.0 Å². The highest BCUT2D eigenvalue weighted by molar-refractivity contribution is 5.99. The Bertz CT molecular complexity index is 696. The van der Waals surface area contributed by atoms with Crippen molar-refractivity contribution < 1.29 is 9.59 Å². The average molecular weight is 268 g/mol. The first-order chi connectivity index (χ1) is 9.58. The highest BCUT2D eigenvalue weighted by atomic mass is 16.1. The number of fused-ring (bicyclic) bond motifs is 1. The van der Waals surface area contributed by atoms with Crippen molar-refractivity contribution in [3.8, 4) is 11.1 Å². The third kappa shape index (κ3) is 1.93. The number of Topliss-reactive ketones (excluding diaryl/α,β-unsaturated/α-hetero) is 1. The van der Waals surface area contributed by atoms with Crippen LogP contribution in [0.5, 0.6) is 0 Å². The van der Waals surface area contributed by atoms with Gasteiger partial charge >= 0.3 is 0 Å². The molecule has 0 atom stereocenters. The van der Waals surface area contributed by atoms with E-state index in [0.717, 1.165) is 35.2 Å². The number of aryl methyl sites for hydroxylation is 1. The normalized spacial score (nSPS) is 14.2. The zero-order valence-electron chi connectivity index (χ0n) is 11.3. The van der Waals surface area contributed by atoms with Crippen LogP contribution in [0.3, 0.4) is 0 Å². The van der Waals surface area contributed by atoms with Crippen LogP contribution in [0.1, 0.15) is 39.3 Å². The smallest absolute Gasteiger partial charge is 0.248 e. The average Bonchev–Trinajstić information content (AvgIpc) is 2.77. The minimum absolute atomic E-state index is 0.216. The van der Waals surface area contributed by atoms with Crippen molar-refractivity contribution in [3.63, 3.8) is 0 Å². The Morgan fingerprint density at radius 2 is 1.90 bits per heavy atom. The van der Waals surface area contributed by atoms with Crippen LogP contribution in [-0.4, -0.2) is 16.3 Å². The molecule has 4 heteroatoms. The van der Waals surface area contributed by atoms with Crippen LogP contribution in [0.15, 0.2) is 30.5 Å². The number of carbonyl (C=O) groups excluding carboxylic acids is 2. The van der Waals surface area contributed by atoms with Gasteiger partial charge in [0.25, 0.3) is 0 Å². The maximum absolute atomic E-state index is 12.0. The van der Waals surface area contributed by atoms with Crippen LogP contribution < -0.4 is 5.73 Å². The number of hydrogen-bond donors (Lipinski definition) is 1. The Morgan fingerprint density at radius 1 is 1.20 bits per heavy atom. The summed E-state index contributed by atoms with van der Waals surface area (Å²) in [5.41, 5.74) is 9.78. The Morgan fingerprint density at radius 3 is 2.55 bits per heavy atom. The second-order valence-electron chi connectivity index (χ2n) is 5.20. The van der Waals surface area contributed by atoms with Gasteiger partial charge in [0.1, 0.15) is 0 Å². The van der Waals surface area contributed by atoms with E-state index in [1.165, 1.54) is 0 Å². The van der Waals surface area contributed by atoms with Crippen LogP contribution in [0.25, 0.3) is 11.1 Å². The van der Waals surface area contributed by atoms with Gasteiger partial charge < -0.3 is 10.3 Å². The van der Waals surface area contributed by atoms with Crippen molar-refractivity contribution in [2.24, 2.45) is 12.8 Å².